The lowest BCUT2D eigenvalue weighted by atomic mass is 9.61. The number of hydrogen-bond acceptors (Lipinski definition) is 3. The molecule has 1 fully saturated rings. The SMILES string of the molecule is CCOC(=O)C1(c2cc(Cl)ccc2OC)CC(F)(F)C1. The van der Waals surface area contributed by atoms with E-state index in [-0.39, 0.29) is 6.61 Å². The zero-order valence-corrected chi connectivity index (χ0v) is 12.0. The molecule has 0 aromatic heterocycles. The van der Waals surface area contributed by atoms with Crippen molar-refractivity contribution in [2.75, 3.05) is 13.7 Å². The van der Waals surface area contributed by atoms with E-state index in [4.69, 9.17) is 21.1 Å². The number of ether oxygens (including phenoxy) is 2. The summed E-state index contributed by atoms with van der Waals surface area (Å²) in [4.78, 5) is 12.2. The zero-order valence-electron chi connectivity index (χ0n) is 11.2. The van der Waals surface area contributed by atoms with Gasteiger partial charge in [-0.3, -0.25) is 4.79 Å². The first-order chi connectivity index (χ1) is 9.34. The number of benzene rings is 1. The van der Waals surface area contributed by atoms with Crippen LogP contribution in [0, 0.1) is 0 Å². The summed E-state index contributed by atoms with van der Waals surface area (Å²) in [7, 11) is 1.42. The van der Waals surface area contributed by atoms with Gasteiger partial charge in [-0.25, -0.2) is 8.78 Å². The predicted octanol–water partition coefficient (Wildman–Crippen LogP) is 3.58. The Morgan fingerprint density at radius 2 is 2.05 bits per heavy atom. The molecule has 1 aromatic rings. The van der Waals surface area contributed by atoms with Crippen LogP contribution in [0.4, 0.5) is 8.78 Å². The van der Waals surface area contributed by atoms with Crippen molar-refractivity contribution in [3.8, 4) is 5.75 Å². The van der Waals surface area contributed by atoms with Crippen molar-refractivity contribution < 1.29 is 23.0 Å². The number of methoxy groups -OCH3 is 1. The maximum Gasteiger partial charge on any atom is 0.317 e. The summed E-state index contributed by atoms with van der Waals surface area (Å²) in [6.07, 6.45) is -1.18. The highest BCUT2D eigenvalue weighted by Crippen LogP contribution is 2.56. The summed E-state index contributed by atoms with van der Waals surface area (Å²) >= 11 is 5.92. The largest absolute Gasteiger partial charge is 0.496 e. The normalized spacial score (nSPS) is 19.1. The molecule has 0 atom stereocenters. The monoisotopic (exact) mass is 304 g/mol. The van der Waals surface area contributed by atoms with Crippen molar-refractivity contribution in [2.45, 2.75) is 31.1 Å². The minimum Gasteiger partial charge on any atom is -0.496 e. The van der Waals surface area contributed by atoms with Gasteiger partial charge in [-0.2, -0.15) is 0 Å². The molecule has 0 bridgehead atoms. The van der Waals surface area contributed by atoms with Crippen molar-refractivity contribution >= 4 is 17.6 Å². The summed E-state index contributed by atoms with van der Waals surface area (Å²) in [5, 5.41) is 0.361. The Balaban J connectivity index is 2.48. The molecule has 0 heterocycles. The van der Waals surface area contributed by atoms with Gasteiger partial charge in [-0.15, -0.1) is 0 Å². The molecular formula is C14H15ClF2O3. The van der Waals surface area contributed by atoms with E-state index in [1.54, 1.807) is 19.1 Å². The third-order valence-corrected chi connectivity index (χ3v) is 3.70. The first-order valence-electron chi connectivity index (χ1n) is 6.24. The van der Waals surface area contributed by atoms with Gasteiger partial charge in [0.05, 0.1) is 13.7 Å². The fourth-order valence-electron chi connectivity index (χ4n) is 2.60. The number of carbonyl (C=O) groups is 1. The van der Waals surface area contributed by atoms with Crippen LogP contribution in [0.15, 0.2) is 18.2 Å². The molecule has 20 heavy (non-hydrogen) atoms. The van der Waals surface area contributed by atoms with Gasteiger partial charge < -0.3 is 9.47 Å². The second-order valence-electron chi connectivity index (χ2n) is 4.86. The van der Waals surface area contributed by atoms with Crippen LogP contribution < -0.4 is 4.74 Å². The van der Waals surface area contributed by atoms with E-state index in [1.165, 1.54) is 13.2 Å². The summed E-state index contributed by atoms with van der Waals surface area (Å²) in [5.74, 6) is -3.18. The van der Waals surface area contributed by atoms with Crippen LogP contribution in [-0.2, 0) is 14.9 Å². The molecule has 1 aliphatic carbocycles. The Bertz CT molecular complexity index is 523. The molecular weight excluding hydrogens is 290 g/mol. The van der Waals surface area contributed by atoms with E-state index in [0.717, 1.165) is 0 Å². The van der Waals surface area contributed by atoms with Crippen LogP contribution in [0.1, 0.15) is 25.3 Å². The minimum absolute atomic E-state index is 0.134. The predicted molar refractivity (Wildman–Crippen MR) is 70.5 cm³/mol. The van der Waals surface area contributed by atoms with E-state index >= 15 is 0 Å². The fourth-order valence-corrected chi connectivity index (χ4v) is 2.77. The number of carbonyl (C=O) groups excluding carboxylic acids is 1. The van der Waals surface area contributed by atoms with Crippen molar-refractivity contribution in [2.24, 2.45) is 0 Å². The van der Waals surface area contributed by atoms with E-state index < -0.39 is 30.1 Å². The second kappa shape index (κ2) is 5.20. The quantitative estimate of drug-likeness (QED) is 0.798. The molecule has 0 amide bonds. The smallest absolute Gasteiger partial charge is 0.317 e. The third kappa shape index (κ3) is 2.46. The Morgan fingerprint density at radius 3 is 2.55 bits per heavy atom. The molecule has 1 saturated carbocycles. The van der Waals surface area contributed by atoms with E-state index in [9.17, 15) is 13.6 Å². The number of halogens is 3. The minimum atomic E-state index is -2.87. The van der Waals surface area contributed by atoms with E-state index in [1.807, 2.05) is 0 Å². The molecule has 0 radical (unpaired) electrons. The topological polar surface area (TPSA) is 35.5 Å². The Hall–Kier alpha value is -1.36. The van der Waals surface area contributed by atoms with Gasteiger partial charge in [-0.05, 0) is 25.1 Å². The highest BCUT2D eigenvalue weighted by Gasteiger charge is 2.63. The number of hydrogen-bond donors (Lipinski definition) is 0. The highest BCUT2D eigenvalue weighted by molar-refractivity contribution is 6.30. The molecule has 110 valence electrons. The third-order valence-electron chi connectivity index (χ3n) is 3.46. The molecule has 0 aliphatic heterocycles. The lowest BCUT2D eigenvalue weighted by molar-refractivity contribution is -0.179. The number of rotatable bonds is 4. The maximum absolute atomic E-state index is 13.4. The fraction of sp³-hybridized carbons (Fsp3) is 0.500. The lowest BCUT2D eigenvalue weighted by Gasteiger charge is -2.45. The summed E-state index contributed by atoms with van der Waals surface area (Å²) < 4.78 is 36.9. The van der Waals surface area contributed by atoms with Gasteiger partial charge >= 0.3 is 5.97 Å². The molecule has 1 aliphatic rings. The van der Waals surface area contributed by atoms with Crippen molar-refractivity contribution in [3.63, 3.8) is 0 Å². The summed E-state index contributed by atoms with van der Waals surface area (Å²) in [6.45, 7) is 1.77. The molecule has 0 spiro atoms. The van der Waals surface area contributed by atoms with Gasteiger partial charge in [0, 0.05) is 23.4 Å². The molecule has 0 N–H and O–H groups in total. The van der Waals surface area contributed by atoms with Gasteiger partial charge in [0.15, 0.2) is 0 Å². The molecule has 1 aromatic carbocycles. The van der Waals surface area contributed by atoms with E-state index in [0.29, 0.717) is 16.3 Å². The Morgan fingerprint density at radius 1 is 1.40 bits per heavy atom. The Kier molecular flexibility index (Phi) is 3.91. The first kappa shape index (κ1) is 15.0. The van der Waals surface area contributed by atoms with Gasteiger partial charge in [0.1, 0.15) is 11.2 Å². The summed E-state index contributed by atoms with van der Waals surface area (Å²) in [6, 6.07) is 4.64. The van der Waals surface area contributed by atoms with Crippen molar-refractivity contribution in [1.82, 2.24) is 0 Å². The zero-order chi connectivity index (χ0) is 15.0. The standard InChI is InChI=1S/C14H15ClF2O3/c1-3-20-12(18)13(7-14(16,17)8-13)10-6-9(15)4-5-11(10)19-2/h4-6H,3,7-8H2,1-2H3. The highest BCUT2D eigenvalue weighted by atomic mass is 35.5. The van der Waals surface area contributed by atoms with Crippen LogP contribution in [0.3, 0.4) is 0 Å². The molecule has 0 unspecified atom stereocenters. The van der Waals surface area contributed by atoms with Gasteiger partial charge in [-0.1, -0.05) is 11.6 Å². The van der Waals surface area contributed by atoms with E-state index in [2.05, 4.69) is 0 Å². The lowest BCUT2D eigenvalue weighted by Crippen LogP contribution is -2.55. The second-order valence-corrected chi connectivity index (χ2v) is 5.29. The molecule has 0 saturated heterocycles. The maximum atomic E-state index is 13.4. The van der Waals surface area contributed by atoms with Crippen molar-refractivity contribution in [3.05, 3.63) is 28.8 Å². The van der Waals surface area contributed by atoms with Crippen LogP contribution in [0.5, 0.6) is 5.75 Å². The summed E-state index contributed by atoms with van der Waals surface area (Å²) in [5.41, 5.74) is -1.02. The van der Waals surface area contributed by atoms with Gasteiger partial charge in [0.25, 0.3) is 5.92 Å². The molecule has 2 rings (SSSR count). The van der Waals surface area contributed by atoms with Crippen LogP contribution >= 0.6 is 11.6 Å². The van der Waals surface area contributed by atoms with Crippen LogP contribution in [-0.4, -0.2) is 25.6 Å². The number of alkyl halides is 2. The average molecular weight is 305 g/mol. The number of esters is 1. The molecule has 3 nitrogen and oxygen atoms in total. The van der Waals surface area contributed by atoms with Crippen LogP contribution in [0.25, 0.3) is 0 Å². The first-order valence-corrected chi connectivity index (χ1v) is 6.61. The van der Waals surface area contributed by atoms with Crippen molar-refractivity contribution in [1.29, 1.82) is 0 Å². The van der Waals surface area contributed by atoms with Gasteiger partial charge in [0.2, 0.25) is 0 Å². The molecule has 6 heteroatoms. The average Bonchev–Trinajstić information content (AvgIpc) is 2.35. The Labute approximate surface area is 120 Å². The van der Waals surface area contributed by atoms with Crippen LogP contribution in [0.2, 0.25) is 5.02 Å².